The molecule has 0 aliphatic heterocycles. The molecule has 4 rings (SSSR count). The van der Waals surface area contributed by atoms with Gasteiger partial charge in [0, 0.05) is 40.3 Å². The van der Waals surface area contributed by atoms with Crippen LogP contribution in [-0.2, 0) is 6.54 Å². The van der Waals surface area contributed by atoms with E-state index in [-0.39, 0.29) is 18.2 Å². The molecule has 27 heavy (non-hydrogen) atoms. The summed E-state index contributed by atoms with van der Waals surface area (Å²) >= 11 is 6.15. The normalized spacial score (nSPS) is 10.9. The second-order valence-electron chi connectivity index (χ2n) is 6.03. The molecule has 3 nitrogen and oxygen atoms in total. The van der Waals surface area contributed by atoms with Crippen molar-refractivity contribution >= 4 is 11.6 Å². The van der Waals surface area contributed by atoms with Crippen LogP contribution in [0.3, 0.4) is 0 Å². The number of aromatic nitrogens is 3. The van der Waals surface area contributed by atoms with Crippen LogP contribution in [0.2, 0.25) is 5.02 Å². The van der Waals surface area contributed by atoms with E-state index in [2.05, 4.69) is 10.1 Å². The summed E-state index contributed by atoms with van der Waals surface area (Å²) in [6.07, 6.45) is 5.21. The number of hydrogen-bond acceptors (Lipinski definition) is 2. The Labute approximate surface area is 159 Å². The minimum atomic E-state index is -0.383. The third-order valence-corrected chi connectivity index (χ3v) is 4.61. The van der Waals surface area contributed by atoms with Gasteiger partial charge in [0.15, 0.2) is 0 Å². The maximum Gasteiger partial charge on any atom is 0.129 e. The highest BCUT2D eigenvalue weighted by Crippen LogP contribution is 2.31. The average Bonchev–Trinajstić information content (AvgIpc) is 3.10. The van der Waals surface area contributed by atoms with E-state index in [1.165, 1.54) is 18.2 Å². The maximum atomic E-state index is 14.2. The lowest BCUT2D eigenvalue weighted by Crippen LogP contribution is -2.03. The molecular weight excluding hydrogens is 368 g/mol. The summed E-state index contributed by atoms with van der Waals surface area (Å²) in [6.45, 7) is 0.185. The molecule has 0 unspecified atom stereocenters. The molecule has 0 atom stereocenters. The van der Waals surface area contributed by atoms with Gasteiger partial charge in [-0.1, -0.05) is 17.7 Å². The zero-order valence-electron chi connectivity index (χ0n) is 14.1. The fourth-order valence-electron chi connectivity index (χ4n) is 2.91. The van der Waals surface area contributed by atoms with Crippen molar-refractivity contribution in [1.29, 1.82) is 0 Å². The summed E-state index contributed by atoms with van der Waals surface area (Å²) in [4.78, 5) is 4.04. The summed E-state index contributed by atoms with van der Waals surface area (Å²) in [5, 5.41) is 4.96. The Kier molecular flexibility index (Phi) is 4.69. The highest BCUT2D eigenvalue weighted by Gasteiger charge is 2.15. The van der Waals surface area contributed by atoms with Crippen molar-refractivity contribution in [3.63, 3.8) is 0 Å². The SMILES string of the molecule is Fc1ccc(-c2nn(Cc3c(F)cccc3Cl)cc2-c2ccncc2)cc1. The monoisotopic (exact) mass is 381 g/mol. The zero-order chi connectivity index (χ0) is 18.8. The molecule has 134 valence electrons. The van der Waals surface area contributed by atoms with Gasteiger partial charge in [-0.3, -0.25) is 9.67 Å². The number of halogens is 3. The van der Waals surface area contributed by atoms with Crippen molar-refractivity contribution in [2.24, 2.45) is 0 Å². The summed E-state index contributed by atoms with van der Waals surface area (Å²) in [6, 6.07) is 14.4. The second-order valence-corrected chi connectivity index (χ2v) is 6.44. The first-order chi connectivity index (χ1) is 13.1. The van der Waals surface area contributed by atoms with Gasteiger partial charge in [-0.15, -0.1) is 0 Å². The van der Waals surface area contributed by atoms with E-state index in [9.17, 15) is 8.78 Å². The van der Waals surface area contributed by atoms with E-state index in [0.717, 1.165) is 16.7 Å². The molecule has 2 aromatic carbocycles. The molecule has 2 aromatic heterocycles. The lowest BCUT2D eigenvalue weighted by atomic mass is 10.0. The van der Waals surface area contributed by atoms with Crippen molar-refractivity contribution in [2.75, 3.05) is 0 Å². The smallest absolute Gasteiger partial charge is 0.129 e. The van der Waals surface area contributed by atoms with E-state index in [4.69, 9.17) is 11.6 Å². The van der Waals surface area contributed by atoms with Gasteiger partial charge in [-0.05, 0) is 54.1 Å². The van der Waals surface area contributed by atoms with Crippen LogP contribution in [0.5, 0.6) is 0 Å². The zero-order valence-corrected chi connectivity index (χ0v) is 14.9. The third-order valence-electron chi connectivity index (χ3n) is 4.25. The van der Waals surface area contributed by atoms with Gasteiger partial charge >= 0.3 is 0 Å². The van der Waals surface area contributed by atoms with Gasteiger partial charge in [0.1, 0.15) is 17.3 Å². The van der Waals surface area contributed by atoms with Crippen LogP contribution in [0.4, 0.5) is 8.78 Å². The highest BCUT2D eigenvalue weighted by atomic mass is 35.5. The van der Waals surface area contributed by atoms with Gasteiger partial charge in [0.2, 0.25) is 0 Å². The molecule has 0 radical (unpaired) electrons. The van der Waals surface area contributed by atoms with Crippen LogP contribution in [0.1, 0.15) is 5.56 Å². The fourth-order valence-corrected chi connectivity index (χ4v) is 3.13. The summed E-state index contributed by atoms with van der Waals surface area (Å²) in [5.41, 5.74) is 3.57. The Balaban J connectivity index is 1.81. The fraction of sp³-hybridized carbons (Fsp3) is 0.0476. The molecule has 0 spiro atoms. The van der Waals surface area contributed by atoms with Crippen LogP contribution >= 0.6 is 11.6 Å². The van der Waals surface area contributed by atoms with E-state index < -0.39 is 0 Å². The van der Waals surface area contributed by atoms with Crippen LogP contribution < -0.4 is 0 Å². The molecule has 0 amide bonds. The lowest BCUT2D eigenvalue weighted by Gasteiger charge is -2.05. The Bertz CT molecular complexity index is 1060. The number of pyridine rings is 1. The Morgan fingerprint density at radius 3 is 2.33 bits per heavy atom. The molecule has 2 heterocycles. The van der Waals surface area contributed by atoms with E-state index >= 15 is 0 Å². The van der Waals surface area contributed by atoms with Crippen molar-refractivity contribution in [3.05, 3.63) is 95.4 Å². The first-order valence-electron chi connectivity index (χ1n) is 8.28. The molecular formula is C21H14ClF2N3. The van der Waals surface area contributed by atoms with Crippen molar-refractivity contribution in [2.45, 2.75) is 6.54 Å². The number of hydrogen-bond donors (Lipinski definition) is 0. The quantitative estimate of drug-likeness (QED) is 0.461. The van der Waals surface area contributed by atoms with Gasteiger partial charge in [0.05, 0.1) is 6.54 Å². The van der Waals surface area contributed by atoms with E-state index in [0.29, 0.717) is 16.3 Å². The summed E-state index contributed by atoms with van der Waals surface area (Å²) < 4.78 is 29.1. The molecule has 6 heteroatoms. The van der Waals surface area contributed by atoms with Crippen molar-refractivity contribution in [3.8, 4) is 22.4 Å². The largest absolute Gasteiger partial charge is 0.267 e. The predicted molar refractivity (Wildman–Crippen MR) is 101 cm³/mol. The minimum Gasteiger partial charge on any atom is -0.267 e. The number of nitrogens with zero attached hydrogens (tertiary/aromatic N) is 3. The Morgan fingerprint density at radius 2 is 1.63 bits per heavy atom. The molecule has 0 N–H and O–H groups in total. The Morgan fingerprint density at radius 1 is 0.889 bits per heavy atom. The maximum absolute atomic E-state index is 14.2. The number of benzene rings is 2. The lowest BCUT2D eigenvalue weighted by molar-refractivity contribution is 0.586. The molecule has 0 fully saturated rings. The van der Waals surface area contributed by atoms with Crippen LogP contribution in [0.15, 0.2) is 73.2 Å². The van der Waals surface area contributed by atoms with E-state index in [1.807, 2.05) is 18.3 Å². The first kappa shape index (κ1) is 17.4. The van der Waals surface area contributed by atoms with Gasteiger partial charge in [-0.25, -0.2) is 8.78 Å². The van der Waals surface area contributed by atoms with Crippen LogP contribution in [-0.4, -0.2) is 14.8 Å². The third kappa shape index (κ3) is 3.59. The molecule has 0 aliphatic rings. The average molecular weight is 382 g/mol. The second kappa shape index (κ2) is 7.29. The highest BCUT2D eigenvalue weighted by molar-refractivity contribution is 6.31. The van der Waals surface area contributed by atoms with Crippen molar-refractivity contribution in [1.82, 2.24) is 14.8 Å². The summed E-state index contributed by atoms with van der Waals surface area (Å²) in [7, 11) is 0. The molecule has 0 saturated heterocycles. The van der Waals surface area contributed by atoms with Crippen molar-refractivity contribution < 1.29 is 8.78 Å². The van der Waals surface area contributed by atoms with E-state index in [1.54, 1.807) is 41.3 Å². The van der Waals surface area contributed by atoms with Gasteiger partial charge in [0.25, 0.3) is 0 Å². The molecule has 0 saturated carbocycles. The van der Waals surface area contributed by atoms with Gasteiger partial charge < -0.3 is 0 Å². The molecule has 0 bridgehead atoms. The van der Waals surface area contributed by atoms with Crippen LogP contribution in [0.25, 0.3) is 22.4 Å². The predicted octanol–water partition coefficient (Wildman–Crippen LogP) is 5.59. The van der Waals surface area contributed by atoms with Gasteiger partial charge in [-0.2, -0.15) is 5.10 Å². The standard InChI is InChI=1S/C21H14ClF2N3/c22-19-2-1-3-20(24)18(19)13-27-12-17(14-8-10-25-11-9-14)21(26-27)15-4-6-16(23)7-5-15/h1-12H,13H2. The first-order valence-corrected chi connectivity index (χ1v) is 8.66. The van der Waals surface area contributed by atoms with Crippen LogP contribution in [0, 0.1) is 11.6 Å². The molecule has 4 aromatic rings. The topological polar surface area (TPSA) is 30.7 Å². The minimum absolute atomic E-state index is 0.185. The molecule has 0 aliphatic carbocycles. The number of rotatable bonds is 4. The Hall–Kier alpha value is -3.05. The summed E-state index contributed by atoms with van der Waals surface area (Å²) in [5.74, 6) is -0.700.